The van der Waals surface area contributed by atoms with Crippen LogP contribution in [0.25, 0.3) is 0 Å². The van der Waals surface area contributed by atoms with E-state index in [0.717, 1.165) is 23.3 Å². The maximum Gasteiger partial charge on any atom is 0.416 e. The van der Waals surface area contributed by atoms with Crippen LogP contribution in [0, 0.1) is 0 Å². The van der Waals surface area contributed by atoms with Gasteiger partial charge in [-0.05, 0) is 60.4 Å². The van der Waals surface area contributed by atoms with Crippen LogP contribution < -0.4 is 15.2 Å². The van der Waals surface area contributed by atoms with Crippen LogP contribution in [0.5, 0.6) is 0 Å². The van der Waals surface area contributed by atoms with Gasteiger partial charge < -0.3 is 5.32 Å². The van der Waals surface area contributed by atoms with E-state index in [1.54, 1.807) is 24.3 Å². The van der Waals surface area contributed by atoms with E-state index in [2.05, 4.69) is 14.4 Å². The molecule has 43 heavy (non-hydrogen) atoms. The van der Waals surface area contributed by atoms with Crippen LogP contribution in [-0.4, -0.2) is 52.1 Å². The maximum atomic E-state index is 13.3. The summed E-state index contributed by atoms with van der Waals surface area (Å²) in [4.78, 5) is -0.442. The summed E-state index contributed by atoms with van der Waals surface area (Å²) in [5.74, 6) is -0.467. The standard InChI is InChI=1S/C27H26ClF3N6O4S2/c28-20-10-6-18(7-11-20)25-24(17-4-2-1-3-5-17)16-37(34-25)26(33-21-14-22(15-21)35-43(32,40)41)36-42(38,39)23-12-8-19(9-13-23)27(29,30)31/h1-13,21-22,24,35H,14-16H2,(H,33,36)(H2,32,40,41)/t21-,22+,24-/m0/s1. The van der Waals surface area contributed by atoms with Crippen LogP contribution in [0.2, 0.25) is 5.02 Å². The Kier molecular flexibility index (Phi) is 8.55. The van der Waals surface area contributed by atoms with Crippen molar-refractivity contribution in [1.29, 1.82) is 0 Å². The van der Waals surface area contributed by atoms with Crippen molar-refractivity contribution in [2.45, 2.75) is 41.9 Å². The lowest BCUT2D eigenvalue weighted by Crippen LogP contribution is -2.56. The molecule has 1 aliphatic heterocycles. The molecule has 3 aromatic carbocycles. The average molecular weight is 655 g/mol. The van der Waals surface area contributed by atoms with Crippen LogP contribution in [0.15, 0.2) is 93.3 Å². The van der Waals surface area contributed by atoms with Gasteiger partial charge in [-0.15, -0.1) is 4.40 Å². The SMILES string of the molecule is NS(=O)(=O)N[C@H]1C[C@@H](N/C(=N\S(=O)(=O)c2ccc(C(F)(F)F)cc2)N2C[C@@H](c3ccccc3)C(c3ccc(Cl)cc3)=N2)C1. The van der Waals surface area contributed by atoms with E-state index in [1.165, 1.54) is 5.01 Å². The second-order valence-electron chi connectivity index (χ2n) is 10.1. The molecule has 0 radical (unpaired) electrons. The zero-order valence-corrected chi connectivity index (χ0v) is 24.6. The van der Waals surface area contributed by atoms with Gasteiger partial charge >= 0.3 is 6.18 Å². The van der Waals surface area contributed by atoms with E-state index >= 15 is 0 Å². The Hall–Kier alpha value is -3.50. The van der Waals surface area contributed by atoms with Gasteiger partial charge in [-0.3, -0.25) is 0 Å². The van der Waals surface area contributed by atoms with Crippen molar-refractivity contribution in [3.63, 3.8) is 0 Å². The summed E-state index contributed by atoms with van der Waals surface area (Å²) in [7, 11) is -8.44. The van der Waals surface area contributed by atoms with Crippen molar-refractivity contribution in [1.82, 2.24) is 15.0 Å². The van der Waals surface area contributed by atoms with Crippen molar-refractivity contribution in [2.75, 3.05) is 6.54 Å². The fraction of sp³-hybridized carbons (Fsp3) is 0.259. The molecule has 228 valence electrons. The van der Waals surface area contributed by atoms with Gasteiger partial charge in [0.1, 0.15) is 0 Å². The zero-order valence-electron chi connectivity index (χ0n) is 22.2. The smallest absolute Gasteiger partial charge is 0.351 e. The van der Waals surface area contributed by atoms with Crippen LogP contribution in [0.4, 0.5) is 13.2 Å². The molecule has 1 heterocycles. The second kappa shape index (κ2) is 11.9. The number of nitrogens with two attached hydrogens (primary N) is 1. The topological polar surface area (TPSA) is 146 Å². The minimum atomic E-state index is -4.64. The molecule has 1 saturated carbocycles. The third-order valence-electron chi connectivity index (χ3n) is 6.99. The van der Waals surface area contributed by atoms with Gasteiger partial charge in [-0.1, -0.05) is 54.1 Å². The molecule has 1 fully saturated rings. The summed E-state index contributed by atoms with van der Waals surface area (Å²) in [6.07, 6.45) is -4.09. The number of hydrazone groups is 1. The largest absolute Gasteiger partial charge is 0.416 e. The number of benzene rings is 3. The molecule has 0 aromatic heterocycles. The van der Waals surface area contributed by atoms with Crippen molar-refractivity contribution in [2.24, 2.45) is 14.6 Å². The van der Waals surface area contributed by atoms with Gasteiger partial charge in [-0.2, -0.15) is 39.8 Å². The summed E-state index contributed by atoms with van der Waals surface area (Å²) < 4.78 is 94.9. The predicted octanol–water partition coefficient (Wildman–Crippen LogP) is 3.82. The molecule has 5 rings (SSSR count). The van der Waals surface area contributed by atoms with Crippen molar-refractivity contribution >= 4 is 43.5 Å². The second-order valence-corrected chi connectivity index (χ2v) is 13.5. The van der Waals surface area contributed by atoms with Crippen LogP contribution >= 0.6 is 11.6 Å². The molecular weight excluding hydrogens is 629 g/mol. The molecule has 0 bridgehead atoms. The van der Waals surface area contributed by atoms with E-state index in [9.17, 15) is 30.0 Å². The number of hydrogen-bond donors (Lipinski definition) is 3. The van der Waals surface area contributed by atoms with E-state index in [1.807, 2.05) is 30.3 Å². The number of guanidine groups is 1. The lowest BCUT2D eigenvalue weighted by atomic mass is 9.88. The summed E-state index contributed by atoms with van der Waals surface area (Å²) in [6.45, 7) is 0.182. The number of alkyl halides is 3. The molecule has 16 heteroatoms. The first-order valence-corrected chi connectivity index (χ1v) is 16.3. The molecule has 0 unspecified atom stereocenters. The van der Waals surface area contributed by atoms with E-state index in [-0.39, 0.29) is 31.3 Å². The molecule has 4 N–H and O–H groups in total. The number of halogens is 4. The highest BCUT2D eigenvalue weighted by Gasteiger charge is 2.37. The van der Waals surface area contributed by atoms with Crippen molar-refractivity contribution in [3.05, 3.63) is 101 Å². The van der Waals surface area contributed by atoms with Gasteiger partial charge in [-0.25, -0.2) is 10.1 Å². The normalized spacial score (nSPS) is 21.3. The summed E-state index contributed by atoms with van der Waals surface area (Å²) in [5.41, 5.74) is 1.27. The summed E-state index contributed by atoms with van der Waals surface area (Å²) in [5, 5.41) is 14.7. The molecule has 3 aromatic rings. The number of rotatable bonds is 7. The van der Waals surface area contributed by atoms with Gasteiger partial charge in [0.15, 0.2) is 0 Å². The predicted molar refractivity (Wildman–Crippen MR) is 156 cm³/mol. The van der Waals surface area contributed by atoms with E-state index < -0.39 is 49.0 Å². The fourth-order valence-electron chi connectivity index (χ4n) is 4.84. The van der Waals surface area contributed by atoms with Crippen LogP contribution in [-0.2, 0) is 26.4 Å². The van der Waals surface area contributed by atoms with Crippen LogP contribution in [0.1, 0.15) is 35.4 Å². The molecule has 10 nitrogen and oxygen atoms in total. The Balaban J connectivity index is 1.51. The lowest BCUT2D eigenvalue weighted by molar-refractivity contribution is -0.137. The van der Waals surface area contributed by atoms with Gasteiger partial charge in [0, 0.05) is 23.0 Å². The van der Waals surface area contributed by atoms with Gasteiger partial charge in [0.05, 0.1) is 22.7 Å². The minimum absolute atomic E-state index is 0.163. The molecule has 0 spiro atoms. The molecule has 2 aliphatic rings. The Morgan fingerprint density at radius 2 is 1.56 bits per heavy atom. The third-order valence-corrected chi connectivity index (χ3v) is 9.18. The fourth-order valence-corrected chi connectivity index (χ4v) is 6.58. The average Bonchev–Trinajstić information content (AvgIpc) is 3.37. The number of hydrogen-bond acceptors (Lipinski definition) is 5. The van der Waals surface area contributed by atoms with E-state index in [4.69, 9.17) is 21.8 Å². The monoisotopic (exact) mass is 654 g/mol. The Morgan fingerprint density at radius 3 is 2.14 bits per heavy atom. The molecular formula is C27H26ClF3N6O4S2. The highest BCUT2D eigenvalue weighted by molar-refractivity contribution is 7.90. The first-order valence-electron chi connectivity index (χ1n) is 12.9. The summed E-state index contributed by atoms with van der Waals surface area (Å²) >= 11 is 6.09. The summed E-state index contributed by atoms with van der Waals surface area (Å²) in [6, 6.07) is 18.6. The highest BCUT2D eigenvalue weighted by atomic mass is 35.5. The zero-order chi connectivity index (χ0) is 31.0. The third kappa shape index (κ3) is 7.54. The lowest BCUT2D eigenvalue weighted by Gasteiger charge is -2.37. The molecule has 0 saturated heterocycles. The number of sulfonamides is 1. The van der Waals surface area contributed by atoms with E-state index in [0.29, 0.717) is 22.9 Å². The van der Waals surface area contributed by atoms with Crippen LogP contribution in [0.3, 0.4) is 0 Å². The Bertz CT molecular complexity index is 1750. The van der Waals surface area contributed by atoms with Crippen molar-refractivity contribution < 1.29 is 30.0 Å². The first kappa shape index (κ1) is 30.9. The van der Waals surface area contributed by atoms with Gasteiger partial charge in [0.2, 0.25) is 5.96 Å². The number of nitrogens with zero attached hydrogens (tertiary/aromatic N) is 3. The van der Waals surface area contributed by atoms with Gasteiger partial charge in [0.25, 0.3) is 20.2 Å². The van der Waals surface area contributed by atoms with Crippen molar-refractivity contribution in [3.8, 4) is 0 Å². The molecule has 0 amide bonds. The number of nitrogens with one attached hydrogen (secondary N) is 2. The molecule has 1 aliphatic carbocycles. The highest BCUT2D eigenvalue weighted by Crippen LogP contribution is 2.32. The Labute approximate surface area is 251 Å². The molecule has 1 atom stereocenters. The Morgan fingerprint density at radius 1 is 0.930 bits per heavy atom. The maximum absolute atomic E-state index is 13.3. The first-order chi connectivity index (χ1) is 20.2. The minimum Gasteiger partial charge on any atom is -0.351 e. The quantitative estimate of drug-likeness (QED) is 0.261.